The molecule has 0 radical (unpaired) electrons. The van der Waals surface area contributed by atoms with Crippen molar-refractivity contribution in [1.29, 1.82) is 0 Å². The highest BCUT2D eigenvalue weighted by molar-refractivity contribution is 7.15. The molecule has 0 spiro atoms. The van der Waals surface area contributed by atoms with Gasteiger partial charge in [-0.1, -0.05) is 18.2 Å². The van der Waals surface area contributed by atoms with Gasteiger partial charge in [0.25, 0.3) is 5.91 Å². The molecule has 0 unspecified atom stereocenters. The van der Waals surface area contributed by atoms with Gasteiger partial charge >= 0.3 is 0 Å². The van der Waals surface area contributed by atoms with E-state index in [0.717, 1.165) is 21.5 Å². The van der Waals surface area contributed by atoms with Crippen LogP contribution in [0.25, 0.3) is 22.2 Å². The van der Waals surface area contributed by atoms with Gasteiger partial charge in [0.15, 0.2) is 5.13 Å². The summed E-state index contributed by atoms with van der Waals surface area (Å²) in [7, 11) is 0. The molecule has 0 atom stereocenters. The Balaban J connectivity index is 1.76. The summed E-state index contributed by atoms with van der Waals surface area (Å²) in [6.45, 7) is 1.95. The van der Waals surface area contributed by atoms with Gasteiger partial charge < -0.3 is 0 Å². The van der Waals surface area contributed by atoms with Crippen molar-refractivity contribution in [3.8, 4) is 11.3 Å². The van der Waals surface area contributed by atoms with E-state index in [0.29, 0.717) is 16.2 Å². The molecule has 0 aliphatic carbocycles. The van der Waals surface area contributed by atoms with Crippen LogP contribution in [-0.4, -0.2) is 20.9 Å². The number of thiazole rings is 1. The van der Waals surface area contributed by atoms with Crippen molar-refractivity contribution in [2.24, 2.45) is 0 Å². The molecule has 6 heteroatoms. The lowest BCUT2D eigenvalue weighted by atomic mass is 10.1. The Labute approximate surface area is 148 Å². The first-order valence-corrected chi connectivity index (χ1v) is 8.56. The highest BCUT2D eigenvalue weighted by Gasteiger charge is 2.14. The summed E-state index contributed by atoms with van der Waals surface area (Å²) in [5, 5.41) is 4.35. The molecule has 1 amide bonds. The third kappa shape index (κ3) is 3.12. The van der Waals surface area contributed by atoms with Crippen molar-refractivity contribution in [1.82, 2.24) is 15.0 Å². The highest BCUT2D eigenvalue weighted by atomic mass is 32.1. The molecule has 0 saturated heterocycles. The first-order valence-electron chi connectivity index (χ1n) is 7.75. The maximum absolute atomic E-state index is 12.7. The predicted molar refractivity (Wildman–Crippen MR) is 99.8 cm³/mol. The zero-order valence-corrected chi connectivity index (χ0v) is 14.2. The monoisotopic (exact) mass is 346 g/mol. The van der Waals surface area contributed by atoms with E-state index in [2.05, 4.69) is 15.3 Å². The van der Waals surface area contributed by atoms with E-state index in [9.17, 15) is 4.79 Å². The maximum Gasteiger partial charge on any atom is 0.259 e. The number of carbonyl (C=O) groups excluding carboxylic acids is 1. The van der Waals surface area contributed by atoms with Gasteiger partial charge in [0.2, 0.25) is 0 Å². The molecule has 0 aliphatic heterocycles. The van der Waals surface area contributed by atoms with Crippen molar-refractivity contribution < 1.29 is 4.79 Å². The van der Waals surface area contributed by atoms with Crippen molar-refractivity contribution >= 4 is 33.3 Å². The number of hydrogen-bond acceptors (Lipinski definition) is 5. The number of aryl methyl sites for hydroxylation is 1. The van der Waals surface area contributed by atoms with Crippen LogP contribution in [0.15, 0.2) is 61.1 Å². The summed E-state index contributed by atoms with van der Waals surface area (Å²) in [5.74, 6) is -0.212. The fourth-order valence-corrected chi connectivity index (χ4v) is 3.24. The molecule has 1 N–H and O–H groups in total. The maximum atomic E-state index is 12.7. The molecule has 1 aromatic carbocycles. The number of pyridine rings is 2. The van der Waals surface area contributed by atoms with Crippen LogP contribution >= 0.6 is 11.3 Å². The molecular formula is C19H14N4OS. The second-order valence-corrected chi connectivity index (χ2v) is 6.78. The van der Waals surface area contributed by atoms with E-state index >= 15 is 0 Å². The summed E-state index contributed by atoms with van der Waals surface area (Å²) in [6, 6.07) is 13.3. The number of aromatic nitrogens is 3. The number of fused-ring (bicyclic) bond motifs is 1. The van der Waals surface area contributed by atoms with Gasteiger partial charge in [0.1, 0.15) is 0 Å². The Morgan fingerprint density at radius 2 is 2.00 bits per heavy atom. The molecule has 0 saturated carbocycles. The minimum absolute atomic E-state index is 0.212. The number of carbonyl (C=O) groups is 1. The number of para-hydroxylation sites is 1. The zero-order chi connectivity index (χ0) is 17.2. The van der Waals surface area contributed by atoms with Crippen molar-refractivity contribution in [2.45, 2.75) is 6.92 Å². The lowest BCUT2D eigenvalue weighted by Crippen LogP contribution is -2.12. The average Bonchev–Trinajstić information content (AvgIpc) is 3.06. The zero-order valence-electron chi connectivity index (χ0n) is 13.4. The molecule has 3 aromatic heterocycles. The van der Waals surface area contributed by atoms with E-state index in [-0.39, 0.29) is 5.91 Å². The van der Waals surface area contributed by atoms with Gasteiger partial charge in [-0.2, -0.15) is 0 Å². The number of rotatable bonds is 3. The number of anilines is 1. The summed E-state index contributed by atoms with van der Waals surface area (Å²) < 4.78 is 0. The fraction of sp³-hybridized carbons (Fsp3) is 0.0526. The molecule has 4 rings (SSSR count). The normalized spacial score (nSPS) is 10.8. The van der Waals surface area contributed by atoms with E-state index in [4.69, 9.17) is 4.98 Å². The van der Waals surface area contributed by atoms with E-state index in [1.54, 1.807) is 24.7 Å². The summed E-state index contributed by atoms with van der Waals surface area (Å²) in [4.78, 5) is 26.7. The van der Waals surface area contributed by atoms with E-state index in [1.165, 1.54) is 11.3 Å². The fourth-order valence-electron chi connectivity index (χ4n) is 2.58. The lowest BCUT2D eigenvalue weighted by molar-refractivity contribution is 0.102. The molecular weight excluding hydrogens is 332 g/mol. The lowest BCUT2D eigenvalue weighted by Gasteiger charge is -2.08. The first kappa shape index (κ1) is 15.4. The molecule has 122 valence electrons. The topological polar surface area (TPSA) is 67.8 Å². The molecule has 3 heterocycles. The van der Waals surface area contributed by atoms with Crippen LogP contribution in [0.5, 0.6) is 0 Å². The van der Waals surface area contributed by atoms with Crippen LogP contribution in [-0.2, 0) is 0 Å². The number of amides is 1. The molecule has 5 nitrogen and oxygen atoms in total. The Morgan fingerprint density at radius 3 is 2.76 bits per heavy atom. The Bertz CT molecular complexity index is 1060. The van der Waals surface area contributed by atoms with Gasteiger partial charge in [-0.3, -0.25) is 15.1 Å². The first-order chi connectivity index (χ1) is 12.2. The molecule has 4 aromatic rings. The Hall–Kier alpha value is -3.12. The third-order valence-electron chi connectivity index (χ3n) is 3.76. The highest BCUT2D eigenvalue weighted by Crippen LogP contribution is 2.24. The third-order valence-corrected chi connectivity index (χ3v) is 4.59. The summed E-state index contributed by atoms with van der Waals surface area (Å²) >= 11 is 1.44. The van der Waals surface area contributed by atoms with E-state index in [1.807, 2.05) is 43.3 Å². The van der Waals surface area contributed by atoms with Crippen LogP contribution in [0.2, 0.25) is 0 Å². The minimum atomic E-state index is -0.212. The predicted octanol–water partition coefficient (Wildman–Crippen LogP) is 4.31. The van der Waals surface area contributed by atoms with Gasteiger partial charge in [0, 0.05) is 34.4 Å². The summed E-state index contributed by atoms with van der Waals surface area (Å²) in [6.07, 6.45) is 5.22. The largest absolute Gasteiger partial charge is 0.298 e. The van der Waals surface area contributed by atoms with Crippen LogP contribution in [0, 0.1) is 6.92 Å². The van der Waals surface area contributed by atoms with Crippen LogP contribution < -0.4 is 5.32 Å². The molecule has 25 heavy (non-hydrogen) atoms. The minimum Gasteiger partial charge on any atom is -0.298 e. The van der Waals surface area contributed by atoms with Crippen LogP contribution in [0.3, 0.4) is 0 Å². The van der Waals surface area contributed by atoms with Crippen LogP contribution in [0.1, 0.15) is 15.2 Å². The number of nitrogens with one attached hydrogen (secondary N) is 1. The Kier molecular flexibility index (Phi) is 3.95. The second kappa shape index (κ2) is 6.41. The molecule has 0 aliphatic rings. The average molecular weight is 346 g/mol. The van der Waals surface area contributed by atoms with Crippen molar-refractivity contribution in [2.75, 3.05) is 5.32 Å². The van der Waals surface area contributed by atoms with Gasteiger partial charge in [0.05, 0.1) is 16.8 Å². The molecule has 0 fully saturated rings. The van der Waals surface area contributed by atoms with Crippen LogP contribution in [0.4, 0.5) is 5.13 Å². The second-order valence-electron chi connectivity index (χ2n) is 5.55. The van der Waals surface area contributed by atoms with Gasteiger partial charge in [-0.15, -0.1) is 11.3 Å². The number of benzene rings is 1. The SMILES string of the molecule is Cc1cnc(NC(=O)c2cccc3ccc(-c4cccnc4)nc23)s1. The van der Waals surface area contributed by atoms with E-state index < -0.39 is 0 Å². The van der Waals surface area contributed by atoms with Gasteiger partial charge in [-0.05, 0) is 31.2 Å². The summed E-state index contributed by atoms with van der Waals surface area (Å²) in [5.41, 5.74) is 2.88. The van der Waals surface area contributed by atoms with Crippen molar-refractivity contribution in [3.63, 3.8) is 0 Å². The quantitative estimate of drug-likeness (QED) is 0.600. The van der Waals surface area contributed by atoms with Crippen molar-refractivity contribution in [3.05, 3.63) is 71.5 Å². The Morgan fingerprint density at radius 1 is 1.08 bits per heavy atom. The number of hydrogen-bond donors (Lipinski definition) is 1. The van der Waals surface area contributed by atoms with Gasteiger partial charge in [-0.25, -0.2) is 9.97 Å². The molecule has 0 bridgehead atoms. The number of nitrogens with zero attached hydrogens (tertiary/aromatic N) is 3. The standard InChI is InChI=1S/C19H14N4OS/c1-12-10-21-19(25-12)23-18(24)15-6-2-4-13-7-8-16(22-17(13)15)14-5-3-9-20-11-14/h2-11H,1H3,(H,21,23,24). The smallest absolute Gasteiger partial charge is 0.259 e.